The Morgan fingerprint density at radius 1 is 1.04 bits per heavy atom. The number of hydrogen-bond donors (Lipinski definition) is 3. The Balaban J connectivity index is 1.87. The predicted octanol–water partition coefficient (Wildman–Crippen LogP) is 7.70. The van der Waals surface area contributed by atoms with E-state index in [2.05, 4.69) is 26.9 Å². The smallest absolute Gasteiger partial charge is 0.308 e. The molecular weight excluding hydrogens is 715 g/mol. The van der Waals surface area contributed by atoms with E-state index in [-0.39, 0.29) is 63.7 Å². The predicted molar refractivity (Wildman–Crippen MR) is 206 cm³/mol. The first kappa shape index (κ1) is 43.7. The van der Waals surface area contributed by atoms with Crippen molar-refractivity contribution in [3.63, 3.8) is 0 Å². The molecule has 3 rings (SSSR count). The summed E-state index contributed by atoms with van der Waals surface area (Å²) >= 11 is 0. The lowest BCUT2D eigenvalue weighted by atomic mass is 9.93. The van der Waals surface area contributed by atoms with Gasteiger partial charge in [-0.1, -0.05) is 62.9 Å². The summed E-state index contributed by atoms with van der Waals surface area (Å²) in [5.41, 5.74) is 4.20. The van der Waals surface area contributed by atoms with E-state index in [9.17, 15) is 39.2 Å². The Labute approximate surface area is 319 Å². The van der Waals surface area contributed by atoms with Gasteiger partial charge in [0.15, 0.2) is 5.34 Å². The highest BCUT2D eigenvalue weighted by molar-refractivity contribution is 6.11. The zero-order valence-electron chi connectivity index (χ0n) is 31.3. The van der Waals surface area contributed by atoms with Crippen molar-refractivity contribution in [1.82, 2.24) is 4.57 Å². The number of halogens is 1. The molecule has 0 aliphatic heterocycles. The third-order valence-electron chi connectivity index (χ3n) is 8.54. The number of aromatic nitrogens is 1. The van der Waals surface area contributed by atoms with Crippen LogP contribution in [0.4, 0.5) is 10.1 Å². The number of amides is 1. The average Bonchev–Trinajstić information content (AvgIpc) is 3.48. The Kier molecular flexibility index (Phi) is 17.9. The van der Waals surface area contributed by atoms with Crippen LogP contribution in [0.5, 0.6) is 0 Å². The summed E-state index contributed by atoms with van der Waals surface area (Å²) in [5.74, 6) is -1.77. The maximum Gasteiger partial charge on any atom is 0.308 e. The summed E-state index contributed by atoms with van der Waals surface area (Å²) in [4.78, 5) is 56.6. The van der Waals surface area contributed by atoms with Crippen LogP contribution in [0.25, 0.3) is 16.8 Å². The minimum absolute atomic E-state index is 0.0174. The molecule has 15 heteroatoms. The van der Waals surface area contributed by atoms with Gasteiger partial charge in [-0.15, -0.1) is 15.0 Å². The van der Waals surface area contributed by atoms with E-state index in [0.717, 1.165) is 0 Å². The second-order valence-electron chi connectivity index (χ2n) is 13.0. The van der Waals surface area contributed by atoms with Gasteiger partial charge in [-0.2, -0.15) is 0 Å². The molecule has 0 fully saturated rings. The Morgan fingerprint density at radius 3 is 2.36 bits per heavy atom. The molecule has 0 aliphatic rings. The molecule has 1 amide bonds. The van der Waals surface area contributed by atoms with Crippen molar-refractivity contribution < 1.29 is 43.7 Å². The van der Waals surface area contributed by atoms with Crippen LogP contribution in [0.3, 0.4) is 0 Å². The molecule has 1 unspecified atom stereocenters. The van der Waals surface area contributed by atoms with E-state index < -0.39 is 41.6 Å². The van der Waals surface area contributed by atoms with Gasteiger partial charge in [0.25, 0.3) is 11.0 Å². The van der Waals surface area contributed by atoms with Crippen molar-refractivity contribution in [3.05, 3.63) is 123 Å². The number of anilines is 1. The molecule has 3 N–H and O–H groups in total. The third-order valence-corrected chi connectivity index (χ3v) is 8.54. The van der Waals surface area contributed by atoms with Crippen LogP contribution in [0.1, 0.15) is 86.8 Å². The Morgan fingerprint density at radius 2 is 1.75 bits per heavy atom. The number of nitrogens with one attached hydrogen (secondary N) is 1. The van der Waals surface area contributed by atoms with Gasteiger partial charge >= 0.3 is 5.97 Å². The van der Waals surface area contributed by atoms with Crippen LogP contribution in [0, 0.1) is 20.8 Å². The van der Waals surface area contributed by atoms with Crippen LogP contribution in [0.2, 0.25) is 0 Å². The minimum Gasteiger partial charge on any atom is -0.466 e. The van der Waals surface area contributed by atoms with Gasteiger partial charge in [0.2, 0.25) is 0 Å². The van der Waals surface area contributed by atoms with Crippen LogP contribution >= 0.6 is 0 Å². The zero-order valence-corrected chi connectivity index (χ0v) is 31.3. The quantitative estimate of drug-likeness (QED) is 0.0203. The summed E-state index contributed by atoms with van der Waals surface area (Å²) in [6.07, 6.45) is 3.71. The molecule has 1 heterocycles. The topological polar surface area (TPSA) is 192 Å². The molecule has 1 aromatic heterocycles. The van der Waals surface area contributed by atoms with Crippen molar-refractivity contribution in [2.45, 2.75) is 90.1 Å². The molecule has 14 nitrogen and oxygen atoms in total. The number of para-hydroxylation sites is 1. The van der Waals surface area contributed by atoms with Crippen LogP contribution < -0.4 is 5.32 Å². The van der Waals surface area contributed by atoms with Gasteiger partial charge < -0.3 is 34.5 Å². The van der Waals surface area contributed by atoms with Crippen LogP contribution in [-0.4, -0.2) is 63.3 Å². The summed E-state index contributed by atoms with van der Waals surface area (Å²) in [5, 5.41) is 36.9. The second kappa shape index (κ2) is 22.5. The van der Waals surface area contributed by atoms with Gasteiger partial charge in [-0.3, -0.25) is 9.59 Å². The van der Waals surface area contributed by atoms with Crippen molar-refractivity contribution in [1.29, 1.82) is 0 Å². The lowest BCUT2D eigenvalue weighted by Crippen LogP contribution is -2.25. The molecule has 0 bridgehead atoms. The molecule has 2 aromatic carbocycles. The maximum absolute atomic E-state index is 14.3. The molecule has 55 heavy (non-hydrogen) atoms. The molecule has 3 atom stereocenters. The largest absolute Gasteiger partial charge is 0.466 e. The number of carbonyl (C=O) groups excluding carboxylic acids is 2. The molecule has 296 valence electrons. The fourth-order valence-corrected chi connectivity index (χ4v) is 6.27. The van der Waals surface area contributed by atoms with Crippen molar-refractivity contribution in [2.75, 3.05) is 18.5 Å². The summed E-state index contributed by atoms with van der Waals surface area (Å²) in [6, 6.07) is 15.0. The first-order valence-corrected chi connectivity index (χ1v) is 18.0. The SMILES string of the molecule is C=C/C=C(\C=C/C)c1c(C(=O)Nc2ccccc2)c(C(C)C)n(CC[C@@H](O)C[C@@H](O)CC(=O)OCCC(CCCON=O)O[N+](=O)[O-])c1-c1ccc(F)cc1. The number of aliphatic hydroxyl groups is 2. The molecule has 3 aromatic rings. The number of aliphatic hydroxyl groups excluding tert-OH is 2. The van der Waals surface area contributed by atoms with E-state index in [1.807, 2.05) is 55.7 Å². The maximum atomic E-state index is 14.3. The molecule has 0 saturated carbocycles. The van der Waals surface area contributed by atoms with E-state index in [1.54, 1.807) is 36.4 Å². The van der Waals surface area contributed by atoms with E-state index in [4.69, 9.17) is 4.74 Å². The van der Waals surface area contributed by atoms with Gasteiger partial charge in [-0.25, -0.2) is 4.39 Å². The lowest BCUT2D eigenvalue weighted by molar-refractivity contribution is -0.769. The van der Waals surface area contributed by atoms with Gasteiger partial charge in [-0.05, 0) is 86.1 Å². The number of esters is 1. The molecule has 0 radical (unpaired) electrons. The van der Waals surface area contributed by atoms with Gasteiger partial charge in [0.1, 0.15) is 18.5 Å². The van der Waals surface area contributed by atoms with Gasteiger partial charge in [0, 0.05) is 29.9 Å². The molecule has 0 aliphatic carbocycles. The summed E-state index contributed by atoms with van der Waals surface area (Å²) in [6.45, 7) is 9.55. The fraction of sp³-hybridized carbons (Fsp3) is 0.400. The molecular formula is C40H49FN4O10. The van der Waals surface area contributed by atoms with Gasteiger partial charge in [0.05, 0.1) is 36.5 Å². The third kappa shape index (κ3) is 13.6. The van der Waals surface area contributed by atoms with E-state index in [1.165, 1.54) is 12.1 Å². The minimum atomic E-state index is -1.27. The number of allylic oxidation sites excluding steroid dienone is 5. The number of carbonyl (C=O) groups is 2. The lowest BCUT2D eigenvalue weighted by Gasteiger charge is -2.20. The molecule has 0 saturated heterocycles. The second-order valence-corrected chi connectivity index (χ2v) is 13.0. The zero-order chi connectivity index (χ0) is 40.3. The summed E-state index contributed by atoms with van der Waals surface area (Å²) in [7, 11) is 0. The standard InChI is InChI=1S/C40H49FN4O10/c1-5-11-28(12-6-2)36-37(40(49)42-31-13-8-7-9-14-31)38(27(3)4)44(39(36)29-16-18-30(41)19-17-29)22-20-32(46)25-33(47)26-35(48)53-24-21-34(55-45(51)52)15-10-23-54-43-50/h5-9,11-14,16-19,27,32-34,46-47H,1,10,15,20-26H2,2-4H3,(H,42,49)/b12-6-,28-11+/t32-,33-,34?/m1/s1. The highest BCUT2D eigenvalue weighted by Crippen LogP contribution is 2.41. The first-order chi connectivity index (χ1) is 26.4. The number of benzene rings is 2. The van der Waals surface area contributed by atoms with Crippen LogP contribution in [0.15, 0.2) is 90.8 Å². The average molecular weight is 765 g/mol. The Hall–Kier alpha value is -5.67. The number of rotatable bonds is 24. The number of nitrogens with zero attached hydrogens (tertiary/aromatic N) is 3. The van der Waals surface area contributed by atoms with Crippen molar-refractivity contribution >= 4 is 23.1 Å². The number of ether oxygens (including phenoxy) is 1. The normalized spacial score (nSPS) is 13.3. The first-order valence-electron chi connectivity index (χ1n) is 18.0. The van der Waals surface area contributed by atoms with Crippen molar-refractivity contribution in [2.24, 2.45) is 5.34 Å². The van der Waals surface area contributed by atoms with E-state index >= 15 is 0 Å². The Bertz CT molecular complexity index is 1790. The summed E-state index contributed by atoms with van der Waals surface area (Å²) < 4.78 is 21.3. The number of hydrogen-bond acceptors (Lipinski definition) is 11. The van der Waals surface area contributed by atoms with E-state index in [0.29, 0.717) is 39.3 Å². The monoisotopic (exact) mass is 764 g/mol. The van der Waals surface area contributed by atoms with Crippen LogP contribution in [-0.2, 0) is 25.8 Å². The highest BCUT2D eigenvalue weighted by Gasteiger charge is 2.31. The highest BCUT2D eigenvalue weighted by atomic mass is 19.1. The van der Waals surface area contributed by atoms with Crippen molar-refractivity contribution in [3.8, 4) is 11.3 Å². The fourth-order valence-electron chi connectivity index (χ4n) is 6.27. The molecule has 0 spiro atoms.